The molecule has 0 aromatic heterocycles. The molecule has 0 heterocycles. The average Bonchev–Trinajstić information content (AvgIpc) is 2.42. The standard InChI is InChI=1S/C14H7ClF3NO3/c15-11-2-1-8(19(21)22)5-9(11)14(20)6-10-12(17)3-7(16)4-13(10)18/h1-5H,6H2. The van der Waals surface area contributed by atoms with E-state index in [-0.39, 0.29) is 16.3 Å². The molecule has 0 unspecified atom stereocenters. The highest BCUT2D eigenvalue weighted by molar-refractivity contribution is 6.34. The van der Waals surface area contributed by atoms with Crippen LogP contribution >= 0.6 is 11.6 Å². The van der Waals surface area contributed by atoms with Crippen molar-refractivity contribution in [2.24, 2.45) is 0 Å². The predicted octanol–water partition coefficient (Wildman–Crippen LogP) is 4.09. The monoisotopic (exact) mass is 329 g/mol. The van der Waals surface area contributed by atoms with Crippen LogP contribution in [0.2, 0.25) is 5.02 Å². The maximum atomic E-state index is 13.5. The number of Topliss-reactive ketones (excluding diaryl/α,β-unsaturated/α-hetero) is 1. The molecule has 22 heavy (non-hydrogen) atoms. The van der Waals surface area contributed by atoms with Gasteiger partial charge in [0.15, 0.2) is 5.78 Å². The fourth-order valence-electron chi connectivity index (χ4n) is 1.84. The Labute approximate surface area is 127 Å². The van der Waals surface area contributed by atoms with Crippen LogP contribution in [0.1, 0.15) is 15.9 Å². The van der Waals surface area contributed by atoms with Crippen molar-refractivity contribution in [2.75, 3.05) is 0 Å². The van der Waals surface area contributed by atoms with Crippen LogP contribution in [0.4, 0.5) is 18.9 Å². The number of halogens is 4. The summed E-state index contributed by atoms with van der Waals surface area (Å²) in [5, 5.41) is 10.6. The molecule has 8 heteroatoms. The molecule has 2 aromatic carbocycles. The van der Waals surface area contributed by atoms with Crippen molar-refractivity contribution in [3.05, 3.63) is 74.0 Å². The van der Waals surface area contributed by atoms with E-state index in [1.54, 1.807) is 0 Å². The van der Waals surface area contributed by atoms with E-state index >= 15 is 0 Å². The van der Waals surface area contributed by atoms with E-state index in [1.165, 1.54) is 0 Å². The summed E-state index contributed by atoms with van der Waals surface area (Å²) in [6.45, 7) is 0. The van der Waals surface area contributed by atoms with E-state index in [0.29, 0.717) is 12.1 Å². The normalized spacial score (nSPS) is 10.5. The highest BCUT2D eigenvalue weighted by Crippen LogP contribution is 2.25. The van der Waals surface area contributed by atoms with Gasteiger partial charge in [-0.15, -0.1) is 0 Å². The van der Waals surface area contributed by atoms with E-state index in [1.807, 2.05) is 0 Å². The number of hydrogen-bond acceptors (Lipinski definition) is 3. The number of rotatable bonds is 4. The number of ketones is 1. The molecule has 2 aromatic rings. The molecule has 0 N–H and O–H groups in total. The number of nitro groups is 1. The van der Waals surface area contributed by atoms with E-state index in [9.17, 15) is 28.1 Å². The van der Waals surface area contributed by atoms with Crippen molar-refractivity contribution in [2.45, 2.75) is 6.42 Å². The molecule has 4 nitrogen and oxygen atoms in total. The zero-order chi connectivity index (χ0) is 16.4. The Morgan fingerprint density at radius 1 is 1.14 bits per heavy atom. The average molecular weight is 330 g/mol. The first-order chi connectivity index (χ1) is 10.3. The second-order valence-electron chi connectivity index (χ2n) is 4.37. The predicted molar refractivity (Wildman–Crippen MR) is 72.5 cm³/mol. The summed E-state index contributed by atoms with van der Waals surface area (Å²) in [5.74, 6) is -4.36. The van der Waals surface area contributed by atoms with Gasteiger partial charge in [0.1, 0.15) is 17.5 Å². The topological polar surface area (TPSA) is 60.2 Å². The molecule has 0 spiro atoms. The number of carbonyl (C=O) groups excluding carboxylic acids is 1. The lowest BCUT2D eigenvalue weighted by molar-refractivity contribution is -0.384. The molecule has 0 saturated carbocycles. The molecule has 2 rings (SSSR count). The first-order valence-corrected chi connectivity index (χ1v) is 6.28. The summed E-state index contributed by atoms with van der Waals surface area (Å²) in [5.41, 5.74) is -1.25. The Morgan fingerprint density at radius 2 is 1.73 bits per heavy atom. The summed E-state index contributed by atoms with van der Waals surface area (Å²) >= 11 is 5.78. The molecule has 114 valence electrons. The Kier molecular flexibility index (Phi) is 4.46. The molecular weight excluding hydrogens is 323 g/mol. The lowest BCUT2D eigenvalue weighted by Gasteiger charge is -2.06. The summed E-state index contributed by atoms with van der Waals surface area (Å²) in [6, 6.07) is 4.05. The lowest BCUT2D eigenvalue weighted by atomic mass is 10.0. The van der Waals surface area contributed by atoms with Crippen LogP contribution in [-0.4, -0.2) is 10.7 Å². The Morgan fingerprint density at radius 3 is 2.27 bits per heavy atom. The third-order valence-corrected chi connectivity index (χ3v) is 3.23. The maximum Gasteiger partial charge on any atom is 0.270 e. The minimum absolute atomic E-state index is 0.0847. The molecule has 0 aliphatic rings. The third kappa shape index (κ3) is 3.25. The van der Waals surface area contributed by atoms with Crippen molar-refractivity contribution in [3.63, 3.8) is 0 Å². The second-order valence-corrected chi connectivity index (χ2v) is 4.78. The maximum absolute atomic E-state index is 13.5. The summed E-state index contributed by atoms with van der Waals surface area (Å²) in [6.07, 6.45) is -0.737. The van der Waals surface area contributed by atoms with Crippen LogP contribution in [0, 0.1) is 27.6 Å². The van der Waals surface area contributed by atoms with Crippen molar-refractivity contribution >= 4 is 23.1 Å². The molecule has 0 bridgehead atoms. The minimum atomic E-state index is -1.22. The molecule has 0 aliphatic heterocycles. The lowest BCUT2D eigenvalue weighted by Crippen LogP contribution is -2.09. The van der Waals surface area contributed by atoms with Gasteiger partial charge in [-0.3, -0.25) is 14.9 Å². The molecule has 0 fully saturated rings. The largest absolute Gasteiger partial charge is 0.294 e. The zero-order valence-electron chi connectivity index (χ0n) is 10.8. The fourth-order valence-corrected chi connectivity index (χ4v) is 2.06. The third-order valence-electron chi connectivity index (χ3n) is 2.90. The van der Waals surface area contributed by atoms with Crippen LogP contribution in [0.3, 0.4) is 0 Å². The first kappa shape index (κ1) is 16.0. The van der Waals surface area contributed by atoms with Crippen LogP contribution in [0.5, 0.6) is 0 Å². The molecule has 0 radical (unpaired) electrons. The smallest absolute Gasteiger partial charge is 0.270 e. The van der Waals surface area contributed by atoms with Gasteiger partial charge in [-0.25, -0.2) is 13.2 Å². The summed E-state index contributed by atoms with van der Waals surface area (Å²) < 4.78 is 39.9. The van der Waals surface area contributed by atoms with Crippen LogP contribution < -0.4 is 0 Å². The van der Waals surface area contributed by atoms with E-state index < -0.39 is 40.1 Å². The number of carbonyl (C=O) groups is 1. The van der Waals surface area contributed by atoms with E-state index in [2.05, 4.69) is 0 Å². The molecule has 0 aliphatic carbocycles. The van der Waals surface area contributed by atoms with Gasteiger partial charge < -0.3 is 0 Å². The number of nitrogens with zero attached hydrogens (tertiary/aromatic N) is 1. The van der Waals surface area contributed by atoms with Gasteiger partial charge in [0.2, 0.25) is 0 Å². The van der Waals surface area contributed by atoms with Crippen LogP contribution in [0.25, 0.3) is 0 Å². The number of benzene rings is 2. The van der Waals surface area contributed by atoms with Gasteiger partial charge in [0, 0.05) is 41.8 Å². The van der Waals surface area contributed by atoms with Gasteiger partial charge in [-0.05, 0) is 6.07 Å². The molecule has 0 amide bonds. The van der Waals surface area contributed by atoms with Crippen molar-refractivity contribution in [3.8, 4) is 0 Å². The van der Waals surface area contributed by atoms with Gasteiger partial charge >= 0.3 is 0 Å². The van der Waals surface area contributed by atoms with Gasteiger partial charge in [-0.1, -0.05) is 11.6 Å². The molecule has 0 atom stereocenters. The van der Waals surface area contributed by atoms with Crippen LogP contribution in [-0.2, 0) is 6.42 Å². The van der Waals surface area contributed by atoms with Gasteiger partial charge in [0.25, 0.3) is 5.69 Å². The van der Waals surface area contributed by atoms with Crippen molar-refractivity contribution < 1.29 is 22.9 Å². The number of nitro benzene ring substituents is 1. The zero-order valence-corrected chi connectivity index (χ0v) is 11.5. The number of hydrogen-bond donors (Lipinski definition) is 0. The summed E-state index contributed by atoms with van der Waals surface area (Å²) in [7, 11) is 0. The Hall–Kier alpha value is -2.41. The molecule has 0 saturated heterocycles. The van der Waals surface area contributed by atoms with Crippen molar-refractivity contribution in [1.82, 2.24) is 0 Å². The summed E-state index contributed by atoms with van der Waals surface area (Å²) in [4.78, 5) is 22.0. The Bertz CT molecular complexity index is 757. The van der Waals surface area contributed by atoms with E-state index in [0.717, 1.165) is 18.2 Å². The quantitative estimate of drug-likeness (QED) is 0.482. The molecular formula is C14H7ClF3NO3. The minimum Gasteiger partial charge on any atom is -0.294 e. The van der Waals surface area contributed by atoms with Crippen LogP contribution in [0.15, 0.2) is 30.3 Å². The fraction of sp³-hybridized carbons (Fsp3) is 0.0714. The SMILES string of the molecule is O=C(Cc1c(F)cc(F)cc1F)c1cc([N+](=O)[O-])ccc1Cl. The number of non-ortho nitro benzene ring substituents is 1. The van der Waals surface area contributed by atoms with Gasteiger partial charge in [0.05, 0.1) is 9.95 Å². The Balaban J connectivity index is 2.38. The van der Waals surface area contributed by atoms with Crippen molar-refractivity contribution in [1.29, 1.82) is 0 Å². The van der Waals surface area contributed by atoms with E-state index in [4.69, 9.17) is 11.6 Å². The van der Waals surface area contributed by atoms with Gasteiger partial charge in [-0.2, -0.15) is 0 Å². The first-order valence-electron chi connectivity index (χ1n) is 5.90. The highest BCUT2D eigenvalue weighted by atomic mass is 35.5. The second kappa shape index (κ2) is 6.15. The highest BCUT2D eigenvalue weighted by Gasteiger charge is 2.20.